The van der Waals surface area contributed by atoms with Crippen LogP contribution in [0.2, 0.25) is 0 Å². The smallest absolute Gasteiger partial charge is 0.137 e. The fourth-order valence-electron chi connectivity index (χ4n) is 1.75. The molecule has 0 aromatic carbocycles. The molecule has 0 radical (unpaired) electrons. The molecule has 74 valence electrons. The summed E-state index contributed by atoms with van der Waals surface area (Å²) >= 11 is 0. The minimum atomic E-state index is -0.268. The van der Waals surface area contributed by atoms with Gasteiger partial charge in [0, 0.05) is 6.92 Å². The molecule has 0 spiro atoms. The minimum absolute atomic E-state index is 0.106. The van der Waals surface area contributed by atoms with Crippen molar-refractivity contribution in [1.29, 1.82) is 0 Å². The second kappa shape index (κ2) is 4.80. The Kier molecular flexibility index (Phi) is 4.75. The van der Waals surface area contributed by atoms with Gasteiger partial charge in [0.15, 0.2) is 0 Å². The molecule has 0 aromatic rings. The molecule has 2 unspecified atom stereocenters. The molecule has 3 nitrogen and oxygen atoms in total. The molecular weight excluding hydrogens is 152 g/mol. The normalized spacial score (nSPS) is 17.5. The summed E-state index contributed by atoms with van der Waals surface area (Å²) in [6, 6.07) is 0. The van der Waals surface area contributed by atoms with Crippen molar-refractivity contribution < 1.29 is 9.59 Å². The van der Waals surface area contributed by atoms with E-state index in [-0.39, 0.29) is 12.3 Å². The Balaban J connectivity index is 4.35. The van der Waals surface area contributed by atoms with E-state index in [9.17, 15) is 5.11 Å². The highest BCUT2D eigenvalue weighted by Gasteiger charge is 2.29. The molecule has 0 aromatic heterocycles. The Hall–Kier alpha value is -0.120. The number of likely N-dealkylation sites (N-methyl/N-ethyl adjacent to an activating group) is 1. The molecule has 0 fully saturated rings. The lowest BCUT2D eigenvalue weighted by atomic mass is 10.2. The van der Waals surface area contributed by atoms with Gasteiger partial charge in [-0.3, -0.25) is 5.73 Å². The summed E-state index contributed by atoms with van der Waals surface area (Å²) in [6.45, 7) is 10.8. The molecule has 0 aliphatic rings. The summed E-state index contributed by atoms with van der Waals surface area (Å²) in [6.07, 6.45) is -0.162. The number of hydrogen-bond donors (Lipinski definition) is 2. The van der Waals surface area contributed by atoms with Crippen molar-refractivity contribution in [2.75, 3.05) is 19.6 Å². The van der Waals surface area contributed by atoms with E-state index in [1.807, 2.05) is 13.8 Å². The van der Waals surface area contributed by atoms with Crippen LogP contribution in [0.4, 0.5) is 0 Å². The van der Waals surface area contributed by atoms with Crippen molar-refractivity contribution in [1.82, 2.24) is 0 Å². The largest absolute Gasteiger partial charge is 0.388 e. The average molecular weight is 175 g/mol. The van der Waals surface area contributed by atoms with E-state index >= 15 is 0 Å². The van der Waals surface area contributed by atoms with Crippen molar-refractivity contribution >= 4 is 0 Å². The van der Waals surface area contributed by atoms with Crippen LogP contribution < -0.4 is 5.73 Å². The quantitative estimate of drug-likeness (QED) is 0.473. The zero-order chi connectivity index (χ0) is 9.78. The van der Waals surface area contributed by atoms with Gasteiger partial charge < -0.3 is 9.59 Å². The molecule has 3 N–H and O–H groups in total. The number of nitrogens with two attached hydrogens (primary N) is 1. The van der Waals surface area contributed by atoms with E-state index in [2.05, 4.69) is 13.8 Å². The number of quaternary nitrogens is 1. The third-order valence-electron chi connectivity index (χ3n) is 2.75. The number of aliphatic hydroxyl groups excluding tert-OH is 1. The summed E-state index contributed by atoms with van der Waals surface area (Å²) in [4.78, 5) is 0. The van der Waals surface area contributed by atoms with Crippen LogP contribution >= 0.6 is 0 Å². The van der Waals surface area contributed by atoms with Gasteiger partial charge in [0.1, 0.15) is 18.8 Å². The molecule has 3 heteroatoms. The van der Waals surface area contributed by atoms with Crippen molar-refractivity contribution in [3.8, 4) is 0 Å². The first-order valence-corrected chi connectivity index (χ1v) is 4.78. The lowest BCUT2D eigenvalue weighted by molar-refractivity contribution is -0.948. The molecule has 0 saturated carbocycles. The number of aliphatic hydroxyl groups is 1. The van der Waals surface area contributed by atoms with Crippen LogP contribution in [0.15, 0.2) is 0 Å². The molecule has 12 heavy (non-hydrogen) atoms. The maximum atomic E-state index is 9.33. The summed E-state index contributed by atoms with van der Waals surface area (Å²) in [5.41, 5.74) is 5.90. The van der Waals surface area contributed by atoms with E-state index < -0.39 is 0 Å². The Morgan fingerprint density at radius 1 is 1.25 bits per heavy atom. The Labute approximate surface area is 75.8 Å². The predicted octanol–water partition coefficient (Wildman–Crippen LogP) is 0.528. The van der Waals surface area contributed by atoms with Crippen molar-refractivity contribution in [2.45, 2.75) is 40.0 Å². The monoisotopic (exact) mass is 175 g/mol. The molecule has 0 bridgehead atoms. The van der Waals surface area contributed by atoms with Crippen molar-refractivity contribution in [2.24, 2.45) is 5.73 Å². The molecule has 0 saturated heterocycles. The van der Waals surface area contributed by atoms with E-state index in [1.165, 1.54) is 0 Å². The molecule has 0 rings (SSSR count). The number of rotatable bonds is 5. The van der Waals surface area contributed by atoms with Gasteiger partial charge in [-0.15, -0.1) is 0 Å². The van der Waals surface area contributed by atoms with E-state index in [1.54, 1.807) is 0 Å². The van der Waals surface area contributed by atoms with Gasteiger partial charge in [-0.1, -0.05) is 0 Å². The summed E-state index contributed by atoms with van der Waals surface area (Å²) in [5, 5.41) is 9.33. The zero-order valence-electron chi connectivity index (χ0n) is 8.75. The van der Waals surface area contributed by atoms with E-state index in [4.69, 9.17) is 5.73 Å². The SMILES string of the molecule is CC[N+](CC)(CC(C)O)C(C)N. The third-order valence-corrected chi connectivity index (χ3v) is 2.75. The molecular formula is C9H23N2O+. The number of nitrogens with zero attached hydrogens (tertiary/aromatic N) is 1. The fourth-order valence-corrected chi connectivity index (χ4v) is 1.75. The van der Waals surface area contributed by atoms with E-state index in [0.717, 1.165) is 24.1 Å². The highest BCUT2D eigenvalue weighted by atomic mass is 16.3. The van der Waals surface area contributed by atoms with Gasteiger partial charge in [0.2, 0.25) is 0 Å². The van der Waals surface area contributed by atoms with Crippen molar-refractivity contribution in [3.63, 3.8) is 0 Å². The van der Waals surface area contributed by atoms with Crippen LogP contribution in [-0.4, -0.2) is 41.5 Å². The van der Waals surface area contributed by atoms with Gasteiger partial charge in [0.05, 0.1) is 13.1 Å². The summed E-state index contributed by atoms with van der Waals surface area (Å²) < 4.78 is 0.803. The Morgan fingerprint density at radius 2 is 1.67 bits per heavy atom. The van der Waals surface area contributed by atoms with Gasteiger partial charge in [-0.2, -0.15) is 0 Å². The van der Waals surface area contributed by atoms with Gasteiger partial charge in [-0.25, -0.2) is 0 Å². The van der Waals surface area contributed by atoms with Crippen LogP contribution in [0.25, 0.3) is 0 Å². The third kappa shape index (κ3) is 2.73. The highest BCUT2D eigenvalue weighted by molar-refractivity contribution is 4.50. The summed E-state index contributed by atoms with van der Waals surface area (Å²) in [5.74, 6) is 0. The highest BCUT2D eigenvalue weighted by Crippen LogP contribution is 2.10. The maximum absolute atomic E-state index is 9.33. The average Bonchev–Trinajstić information content (AvgIpc) is 1.99. The van der Waals surface area contributed by atoms with Crippen LogP contribution in [0.5, 0.6) is 0 Å². The first-order chi connectivity index (χ1) is 5.48. The molecule has 0 aliphatic heterocycles. The molecule has 0 aliphatic carbocycles. The topological polar surface area (TPSA) is 46.2 Å². The van der Waals surface area contributed by atoms with Crippen LogP contribution in [0, 0.1) is 0 Å². The standard InChI is InChI=1S/C9H23N2O/c1-5-11(6-2,9(4)10)7-8(3)12/h8-9,12H,5-7,10H2,1-4H3/q+1. The van der Waals surface area contributed by atoms with E-state index in [0.29, 0.717) is 0 Å². The maximum Gasteiger partial charge on any atom is 0.137 e. The lowest BCUT2D eigenvalue weighted by Gasteiger charge is -2.41. The number of hydrogen-bond acceptors (Lipinski definition) is 2. The Bertz CT molecular complexity index is 120. The fraction of sp³-hybridized carbons (Fsp3) is 1.00. The van der Waals surface area contributed by atoms with Gasteiger partial charge >= 0.3 is 0 Å². The molecule has 0 heterocycles. The van der Waals surface area contributed by atoms with Crippen molar-refractivity contribution in [3.05, 3.63) is 0 Å². The minimum Gasteiger partial charge on any atom is -0.388 e. The van der Waals surface area contributed by atoms with Crippen LogP contribution in [0.3, 0.4) is 0 Å². The molecule has 2 atom stereocenters. The van der Waals surface area contributed by atoms with Gasteiger partial charge in [-0.05, 0) is 20.8 Å². The first-order valence-electron chi connectivity index (χ1n) is 4.78. The molecule has 0 amide bonds. The first kappa shape index (κ1) is 11.9. The zero-order valence-corrected chi connectivity index (χ0v) is 8.75. The summed E-state index contributed by atoms with van der Waals surface area (Å²) in [7, 11) is 0. The predicted molar refractivity (Wildman–Crippen MR) is 51.5 cm³/mol. The Morgan fingerprint density at radius 3 is 1.75 bits per heavy atom. The van der Waals surface area contributed by atoms with Crippen LogP contribution in [0.1, 0.15) is 27.7 Å². The van der Waals surface area contributed by atoms with Crippen LogP contribution in [-0.2, 0) is 0 Å². The lowest BCUT2D eigenvalue weighted by Crippen LogP contribution is -2.60. The second-order valence-corrected chi connectivity index (χ2v) is 3.62. The second-order valence-electron chi connectivity index (χ2n) is 3.62. The van der Waals surface area contributed by atoms with Gasteiger partial charge in [0.25, 0.3) is 0 Å².